The van der Waals surface area contributed by atoms with Gasteiger partial charge in [0.25, 0.3) is 0 Å². The van der Waals surface area contributed by atoms with Crippen LogP contribution in [0.4, 0.5) is 0 Å². The lowest BCUT2D eigenvalue weighted by Crippen LogP contribution is -2.25. The van der Waals surface area contributed by atoms with Crippen molar-refractivity contribution in [3.63, 3.8) is 0 Å². The predicted molar refractivity (Wildman–Crippen MR) is 123 cm³/mol. The Labute approximate surface area is 183 Å². The van der Waals surface area contributed by atoms with Crippen molar-refractivity contribution < 1.29 is 19.7 Å². The molecule has 0 amide bonds. The number of aromatic hydroxyl groups is 1. The summed E-state index contributed by atoms with van der Waals surface area (Å²) in [5.74, 6) is 1.88. The monoisotopic (exact) mass is 421 g/mol. The fourth-order valence-corrected chi connectivity index (χ4v) is 4.10. The summed E-state index contributed by atoms with van der Waals surface area (Å²) in [5.41, 5.74) is 2.19. The van der Waals surface area contributed by atoms with Gasteiger partial charge >= 0.3 is 0 Å². The molecule has 164 valence electrons. The van der Waals surface area contributed by atoms with Gasteiger partial charge in [-0.15, -0.1) is 0 Å². The van der Waals surface area contributed by atoms with E-state index in [-0.39, 0.29) is 12.4 Å². The molecule has 2 N–H and O–H groups in total. The summed E-state index contributed by atoms with van der Waals surface area (Å²) in [5, 5.41) is 21.5. The van der Waals surface area contributed by atoms with Crippen LogP contribution < -0.4 is 9.47 Å². The van der Waals surface area contributed by atoms with Gasteiger partial charge in [0.15, 0.2) is 0 Å². The van der Waals surface area contributed by atoms with Gasteiger partial charge in [-0.05, 0) is 79.5 Å². The first-order chi connectivity index (χ1) is 15.1. The van der Waals surface area contributed by atoms with E-state index in [0.717, 1.165) is 39.9 Å². The second kappa shape index (κ2) is 10.0. The van der Waals surface area contributed by atoms with Gasteiger partial charge in [-0.1, -0.05) is 24.3 Å². The Balaban J connectivity index is 1.48. The van der Waals surface area contributed by atoms with Gasteiger partial charge in [0.05, 0.1) is 6.10 Å². The highest BCUT2D eigenvalue weighted by Crippen LogP contribution is 2.32. The van der Waals surface area contributed by atoms with E-state index in [4.69, 9.17) is 9.47 Å². The molecule has 3 aromatic carbocycles. The number of phenols is 1. The lowest BCUT2D eigenvalue weighted by molar-refractivity contribution is 0.122. The van der Waals surface area contributed by atoms with Crippen molar-refractivity contribution in [2.24, 2.45) is 0 Å². The van der Waals surface area contributed by atoms with Gasteiger partial charge in [0, 0.05) is 18.5 Å². The van der Waals surface area contributed by atoms with Crippen LogP contribution in [0.1, 0.15) is 30.9 Å². The van der Waals surface area contributed by atoms with E-state index in [2.05, 4.69) is 17.0 Å². The molecular weight excluding hydrogens is 390 g/mol. The quantitative estimate of drug-likeness (QED) is 0.537. The van der Waals surface area contributed by atoms with E-state index < -0.39 is 6.10 Å². The maximum Gasteiger partial charge on any atom is 0.123 e. The first kappa shape index (κ1) is 21.5. The molecule has 0 radical (unpaired) electrons. The molecule has 3 aromatic rings. The maximum absolute atomic E-state index is 9.85. The van der Waals surface area contributed by atoms with Crippen LogP contribution in [0.5, 0.6) is 17.2 Å². The van der Waals surface area contributed by atoms with Crippen molar-refractivity contribution in [2.45, 2.75) is 32.3 Å². The highest BCUT2D eigenvalue weighted by Gasteiger charge is 2.13. The molecule has 1 saturated heterocycles. The summed E-state index contributed by atoms with van der Waals surface area (Å²) in [4.78, 5) is 2.45. The molecule has 4 rings (SSSR count). The molecule has 1 unspecified atom stereocenters. The van der Waals surface area contributed by atoms with Gasteiger partial charge in [0.1, 0.15) is 30.5 Å². The summed E-state index contributed by atoms with van der Waals surface area (Å²) >= 11 is 0. The third-order valence-electron chi connectivity index (χ3n) is 5.73. The van der Waals surface area contributed by atoms with Crippen LogP contribution in [0.2, 0.25) is 0 Å². The number of likely N-dealkylation sites (tertiary alicyclic amines) is 1. The summed E-state index contributed by atoms with van der Waals surface area (Å²) < 4.78 is 11.8. The number of rotatable bonds is 9. The minimum Gasteiger partial charge on any atom is -0.508 e. The largest absolute Gasteiger partial charge is 0.508 e. The molecule has 1 aliphatic heterocycles. The number of aliphatic hydroxyl groups excluding tert-OH is 1. The number of hydrogen-bond acceptors (Lipinski definition) is 5. The molecular formula is C26H31NO4. The molecule has 0 saturated carbocycles. The van der Waals surface area contributed by atoms with E-state index >= 15 is 0 Å². The summed E-state index contributed by atoms with van der Waals surface area (Å²) in [6.45, 7) is 6.01. The van der Waals surface area contributed by atoms with Crippen LogP contribution in [0.3, 0.4) is 0 Å². The standard InChI is InChI=1S/C26H31NO4/c1-19(28)18-31-26-11-6-21-17-22(29)7-10-24(21)25(26)16-20-4-8-23(9-5-20)30-15-14-27-12-2-3-13-27/h4-11,17,19,28-29H,2-3,12-16,18H2,1H3. The molecule has 0 aliphatic carbocycles. The summed E-state index contributed by atoms with van der Waals surface area (Å²) in [6, 6.07) is 17.4. The van der Waals surface area contributed by atoms with Crippen molar-refractivity contribution >= 4 is 10.8 Å². The van der Waals surface area contributed by atoms with Crippen LogP contribution in [0.15, 0.2) is 54.6 Å². The predicted octanol–water partition coefficient (Wildman–Crippen LogP) is 4.37. The van der Waals surface area contributed by atoms with E-state index in [0.29, 0.717) is 13.0 Å². The number of nitrogens with zero attached hydrogens (tertiary/aromatic N) is 1. The Morgan fingerprint density at radius 1 is 0.968 bits per heavy atom. The molecule has 1 atom stereocenters. The van der Waals surface area contributed by atoms with Crippen LogP contribution in [-0.4, -0.2) is 54.1 Å². The molecule has 0 bridgehead atoms. The Bertz CT molecular complexity index is 994. The summed E-state index contributed by atoms with van der Waals surface area (Å²) in [7, 11) is 0. The topological polar surface area (TPSA) is 62.2 Å². The molecule has 31 heavy (non-hydrogen) atoms. The van der Waals surface area contributed by atoms with Gasteiger partial charge in [0.2, 0.25) is 0 Å². The second-order valence-electron chi connectivity index (χ2n) is 8.33. The number of ether oxygens (including phenoxy) is 2. The molecule has 0 spiro atoms. The smallest absolute Gasteiger partial charge is 0.123 e. The average Bonchev–Trinajstić information content (AvgIpc) is 3.27. The third-order valence-corrected chi connectivity index (χ3v) is 5.73. The van der Waals surface area contributed by atoms with Crippen LogP contribution >= 0.6 is 0 Å². The second-order valence-corrected chi connectivity index (χ2v) is 8.33. The number of aliphatic hydroxyl groups is 1. The zero-order chi connectivity index (χ0) is 21.6. The number of benzene rings is 3. The first-order valence-corrected chi connectivity index (χ1v) is 11.1. The lowest BCUT2D eigenvalue weighted by Gasteiger charge is -2.16. The average molecular weight is 422 g/mol. The molecule has 1 heterocycles. The minimum absolute atomic E-state index is 0.236. The van der Waals surface area contributed by atoms with E-state index in [9.17, 15) is 10.2 Å². The number of fused-ring (bicyclic) bond motifs is 1. The van der Waals surface area contributed by atoms with Crippen molar-refractivity contribution in [3.8, 4) is 17.2 Å². The molecule has 1 aliphatic rings. The fourth-order valence-electron chi connectivity index (χ4n) is 4.10. The Morgan fingerprint density at radius 2 is 1.74 bits per heavy atom. The first-order valence-electron chi connectivity index (χ1n) is 11.1. The van der Waals surface area contributed by atoms with Crippen molar-refractivity contribution in [2.75, 3.05) is 32.8 Å². The van der Waals surface area contributed by atoms with Crippen LogP contribution in [0.25, 0.3) is 10.8 Å². The maximum atomic E-state index is 9.85. The SMILES string of the molecule is CC(O)COc1ccc2cc(O)ccc2c1Cc1ccc(OCCN2CCCC2)cc1. The molecule has 0 aromatic heterocycles. The van der Waals surface area contributed by atoms with E-state index in [1.54, 1.807) is 19.1 Å². The number of phenolic OH excluding ortho intramolecular Hbond substituents is 1. The Morgan fingerprint density at radius 3 is 2.48 bits per heavy atom. The van der Waals surface area contributed by atoms with E-state index in [1.165, 1.54) is 25.9 Å². The third kappa shape index (κ3) is 5.69. The fraction of sp³-hybridized carbons (Fsp3) is 0.385. The highest BCUT2D eigenvalue weighted by molar-refractivity contribution is 5.89. The van der Waals surface area contributed by atoms with Gasteiger partial charge in [-0.3, -0.25) is 4.90 Å². The van der Waals surface area contributed by atoms with Crippen LogP contribution in [0, 0.1) is 0 Å². The molecule has 1 fully saturated rings. The number of hydrogen-bond donors (Lipinski definition) is 2. The summed E-state index contributed by atoms with van der Waals surface area (Å²) in [6.07, 6.45) is 2.74. The van der Waals surface area contributed by atoms with E-state index in [1.807, 2.05) is 30.3 Å². The normalized spacial score (nSPS) is 15.3. The molecule has 5 heteroatoms. The zero-order valence-electron chi connectivity index (χ0n) is 18.1. The van der Waals surface area contributed by atoms with Crippen molar-refractivity contribution in [3.05, 3.63) is 65.7 Å². The van der Waals surface area contributed by atoms with Crippen molar-refractivity contribution in [1.29, 1.82) is 0 Å². The van der Waals surface area contributed by atoms with Crippen molar-refractivity contribution in [1.82, 2.24) is 4.90 Å². The minimum atomic E-state index is -0.541. The lowest BCUT2D eigenvalue weighted by atomic mass is 9.97. The highest BCUT2D eigenvalue weighted by atomic mass is 16.5. The Kier molecular flexibility index (Phi) is 6.95. The van der Waals surface area contributed by atoms with Gasteiger partial charge in [-0.2, -0.15) is 0 Å². The van der Waals surface area contributed by atoms with Crippen LogP contribution in [-0.2, 0) is 6.42 Å². The van der Waals surface area contributed by atoms with Gasteiger partial charge in [-0.25, -0.2) is 0 Å². The Hall–Kier alpha value is -2.76. The van der Waals surface area contributed by atoms with Gasteiger partial charge < -0.3 is 19.7 Å². The zero-order valence-corrected chi connectivity index (χ0v) is 18.1. The molecule has 5 nitrogen and oxygen atoms in total.